The molecule has 4 unspecified atom stereocenters. The summed E-state index contributed by atoms with van der Waals surface area (Å²) in [6, 6.07) is 13.4. The van der Waals surface area contributed by atoms with E-state index in [1.165, 1.54) is 28.4 Å². The maximum absolute atomic E-state index is 12.4. The van der Waals surface area contributed by atoms with E-state index >= 15 is 0 Å². The van der Waals surface area contributed by atoms with Gasteiger partial charge in [0.2, 0.25) is 0 Å². The van der Waals surface area contributed by atoms with Gasteiger partial charge >= 0.3 is 5.97 Å². The highest BCUT2D eigenvalue weighted by Gasteiger charge is 2.21. The monoisotopic (exact) mass is 1010 g/mol. The molecule has 2 aromatic rings. The molecule has 22 heteroatoms. The van der Waals surface area contributed by atoms with E-state index in [0.717, 1.165) is 67.2 Å². The molecule has 0 radical (unpaired) electrons. The van der Waals surface area contributed by atoms with Gasteiger partial charge in [-0.3, -0.25) is 4.41 Å². The smallest absolute Gasteiger partial charge is 0.350 e. The number of hydrogen-bond donors (Lipinski definition) is 10. The van der Waals surface area contributed by atoms with Gasteiger partial charge in [-0.05, 0) is 47.7 Å². The van der Waals surface area contributed by atoms with Crippen molar-refractivity contribution in [3.8, 4) is 0 Å². The minimum absolute atomic E-state index is 0.0701. The fraction of sp³-hybridized carbons (Fsp3) is 0.717. The van der Waals surface area contributed by atoms with Crippen molar-refractivity contribution in [1.29, 1.82) is 0 Å². The van der Waals surface area contributed by atoms with Gasteiger partial charge in [0, 0.05) is 17.7 Å². The fourth-order valence-electron chi connectivity index (χ4n) is 5.70. The molecule has 12 N–H and O–H groups in total. The molecular weight excluding hydrogens is 931 g/mol. The summed E-state index contributed by atoms with van der Waals surface area (Å²) in [5.41, 5.74) is 7.14. The molecule has 2 rings (SSSR count). The number of hydrazine groups is 1. The Morgan fingerprint density at radius 1 is 0.588 bits per heavy atom. The van der Waals surface area contributed by atoms with E-state index in [4.69, 9.17) is 69.3 Å². The Hall–Kier alpha value is -2.43. The van der Waals surface area contributed by atoms with E-state index in [9.17, 15) is 25.2 Å². The zero-order chi connectivity index (χ0) is 50.2. The SMILES string of the molecule is CC.N/C(=C\N(N)SCCCCCCCCCSOC(=O)c1ccc2ccccc2c1)COC(COC(COCC(O)CO)COCC(O)CO)COC(COCC(O)CO)COCC(O)CO. The minimum Gasteiger partial charge on any atom is -0.399 e. The van der Waals surface area contributed by atoms with Crippen molar-refractivity contribution < 1.29 is 83.0 Å². The first-order valence-electron chi connectivity index (χ1n) is 23.2. The molecule has 0 fully saturated rings. The summed E-state index contributed by atoms with van der Waals surface area (Å²) in [4.78, 5) is 12.4. The van der Waals surface area contributed by atoms with Crippen LogP contribution in [0.3, 0.4) is 0 Å². The number of fused-ring (bicyclic) bond motifs is 1. The van der Waals surface area contributed by atoms with Crippen LogP contribution < -0.4 is 11.6 Å². The third-order valence-corrected chi connectivity index (χ3v) is 10.9. The van der Waals surface area contributed by atoms with Crippen LogP contribution in [0.25, 0.3) is 10.8 Å². The fourth-order valence-corrected chi connectivity index (χ4v) is 7.06. The summed E-state index contributed by atoms with van der Waals surface area (Å²) in [5, 5.41) is 77.5. The number of hydrogen-bond acceptors (Lipinski definition) is 22. The highest BCUT2D eigenvalue weighted by Crippen LogP contribution is 2.19. The largest absolute Gasteiger partial charge is 0.399 e. The van der Waals surface area contributed by atoms with Crippen molar-refractivity contribution in [2.75, 3.05) is 111 Å². The summed E-state index contributed by atoms with van der Waals surface area (Å²) in [5.74, 6) is 7.39. The van der Waals surface area contributed by atoms with E-state index in [1.54, 1.807) is 12.3 Å². The van der Waals surface area contributed by atoms with Gasteiger partial charge in [-0.15, -0.1) is 0 Å². The standard InChI is InChI=1S/C44H75N3O17S2.C2H6/c45-36(17-47(46)65-14-8-4-2-1-3-5-9-15-66-64-44(56)35-13-12-33-10-6-7-11-34(33)16-35)22-61-43(31-62-41(27-57-23-37(52)18-48)28-58-24-38(53)19-49)32-63-42(29-59-25-39(54)20-50)30-60-26-40(55)21-51;1-2/h6-7,10-13,16-17,37-43,48-55H,1-5,8-9,14-15,18-32,45-46H2;1-2H3/b36-17-;. The number of aliphatic hydroxyl groups excluding tert-OH is 8. The van der Waals surface area contributed by atoms with Crippen LogP contribution in [-0.4, -0.2) is 205 Å². The van der Waals surface area contributed by atoms with Crippen molar-refractivity contribution in [2.45, 2.75) is 102 Å². The molecule has 2 aromatic carbocycles. The third kappa shape index (κ3) is 32.5. The second kappa shape index (κ2) is 42.3. The van der Waals surface area contributed by atoms with E-state index in [0.29, 0.717) is 11.3 Å². The lowest BCUT2D eigenvalue weighted by molar-refractivity contribution is -0.137. The number of carbonyl (C=O) groups is 1. The summed E-state index contributed by atoms with van der Waals surface area (Å²) in [7, 11) is 0. The van der Waals surface area contributed by atoms with E-state index in [1.807, 2.05) is 50.2 Å². The van der Waals surface area contributed by atoms with Crippen molar-refractivity contribution in [3.05, 3.63) is 59.9 Å². The Labute approximate surface area is 410 Å². The van der Waals surface area contributed by atoms with Crippen LogP contribution in [0.2, 0.25) is 0 Å². The molecule has 68 heavy (non-hydrogen) atoms. The maximum Gasteiger partial charge on any atom is 0.350 e. The highest BCUT2D eigenvalue weighted by atomic mass is 32.2. The number of ether oxygens (including phenoxy) is 7. The van der Waals surface area contributed by atoms with Crippen molar-refractivity contribution in [1.82, 2.24) is 4.41 Å². The topological polar surface area (TPSA) is 308 Å². The Morgan fingerprint density at radius 3 is 1.49 bits per heavy atom. The van der Waals surface area contributed by atoms with Crippen LogP contribution in [0.15, 0.2) is 54.4 Å². The summed E-state index contributed by atoms with van der Waals surface area (Å²) < 4.78 is 46.9. The first kappa shape index (κ1) is 63.6. The normalized spacial score (nSPS) is 15.0. The highest BCUT2D eigenvalue weighted by molar-refractivity contribution is 7.97. The Balaban J connectivity index is 0.0000114. The zero-order valence-corrected chi connectivity index (χ0v) is 41.4. The Kier molecular flexibility index (Phi) is 39.5. The van der Waals surface area contributed by atoms with Crippen LogP contribution in [0, 0.1) is 0 Å². The molecule has 0 saturated carbocycles. The van der Waals surface area contributed by atoms with E-state index < -0.39 is 69.2 Å². The van der Waals surface area contributed by atoms with Crippen LogP contribution >= 0.6 is 24.0 Å². The van der Waals surface area contributed by atoms with Crippen LogP contribution in [0.4, 0.5) is 0 Å². The lowest BCUT2D eigenvalue weighted by atomic mass is 10.1. The number of rotatable bonds is 43. The molecule has 0 bridgehead atoms. The molecule has 20 nitrogen and oxygen atoms in total. The number of unbranched alkanes of at least 4 members (excludes halogenated alkanes) is 6. The van der Waals surface area contributed by atoms with Crippen LogP contribution in [0.1, 0.15) is 69.2 Å². The van der Waals surface area contributed by atoms with Gasteiger partial charge < -0.3 is 83.9 Å². The molecule has 0 saturated heterocycles. The van der Waals surface area contributed by atoms with Gasteiger partial charge in [-0.1, -0.05) is 76.3 Å². The molecule has 0 amide bonds. The minimum atomic E-state index is -1.11. The first-order chi connectivity index (χ1) is 33.0. The van der Waals surface area contributed by atoms with Gasteiger partial charge in [0.25, 0.3) is 0 Å². The van der Waals surface area contributed by atoms with Crippen molar-refractivity contribution in [2.24, 2.45) is 11.6 Å². The average Bonchev–Trinajstić information content (AvgIpc) is 3.35. The molecule has 394 valence electrons. The van der Waals surface area contributed by atoms with Crippen molar-refractivity contribution in [3.63, 3.8) is 0 Å². The molecule has 0 spiro atoms. The molecule has 0 aromatic heterocycles. The summed E-state index contributed by atoms with van der Waals surface area (Å²) >= 11 is 2.61. The molecule has 4 atom stereocenters. The quantitative estimate of drug-likeness (QED) is 0.0149. The average molecular weight is 1010 g/mol. The third-order valence-electron chi connectivity index (χ3n) is 9.35. The number of benzene rings is 2. The number of nitrogens with two attached hydrogens (primary N) is 2. The van der Waals surface area contributed by atoms with Crippen LogP contribution in [0.5, 0.6) is 0 Å². The van der Waals surface area contributed by atoms with Crippen LogP contribution in [-0.2, 0) is 37.3 Å². The van der Waals surface area contributed by atoms with E-state index in [2.05, 4.69) is 0 Å². The Morgan fingerprint density at radius 2 is 1.01 bits per heavy atom. The summed E-state index contributed by atoms with van der Waals surface area (Å²) in [6.45, 7) is 0.715. The number of carbonyl (C=O) groups excluding carboxylic acids is 1. The van der Waals surface area contributed by atoms with Gasteiger partial charge in [0.05, 0.1) is 122 Å². The summed E-state index contributed by atoms with van der Waals surface area (Å²) in [6.07, 6.45) is 2.17. The number of nitrogens with zero attached hydrogens (tertiary/aromatic N) is 1. The first-order valence-corrected chi connectivity index (χ1v) is 25.1. The Bertz CT molecular complexity index is 1470. The van der Waals surface area contributed by atoms with Gasteiger partial charge in [-0.25, -0.2) is 10.6 Å². The maximum atomic E-state index is 12.4. The van der Waals surface area contributed by atoms with Crippen molar-refractivity contribution >= 4 is 40.7 Å². The van der Waals surface area contributed by atoms with E-state index in [-0.39, 0.29) is 78.6 Å². The molecule has 0 heterocycles. The molecule has 0 aliphatic carbocycles. The molecule has 0 aliphatic rings. The number of aliphatic hydroxyl groups is 8. The molecule has 0 aliphatic heterocycles. The second-order valence-electron chi connectivity index (χ2n) is 15.5. The zero-order valence-electron chi connectivity index (χ0n) is 39.8. The lowest BCUT2D eigenvalue weighted by Gasteiger charge is -2.26. The van der Waals surface area contributed by atoms with Gasteiger partial charge in [-0.2, -0.15) is 0 Å². The predicted octanol–water partition coefficient (Wildman–Crippen LogP) is 1.66. The van der Waals surface area contributed by atoms with Gasteiger partial charge in [0.1, 0.15) is 42.7 Å². The molecular formula is C46H81N3O17S2. The second-order valence-corrected chi connectivity index (χ2v) is 17.4. The predicted molar refractivity (Wildman–Crippen MR) is 261 cm³/mol. The lowest BCUT2D eigenvalue weighted by Crippen LogP contribution is -2.37. The van der Waals surface area contributed by atoms with Gasteiger partial charge in [0.15, 0.2) is 0 Å².